The summed E-state index contributed by atoms with van der Waals surface area (Å²) in [6.07, 6.45) is 17.1. The molecule has 2 saturated carbocycles. The Balaban J connectivity index is 0. The molecule has 0 amide bonds. The molecule has 4 aliphatic rings. The molecule has 30 heavy (non-hydrogen) atoms. The third-order valence-electron chi connectivity index (χ3n) is 3.55. The minimum atomic E-state index is -4.94. The molecule has 0 aromatic rings. The molecule has 4 bridgehead atoms. The van der Waals surface area contributed by atoms with Gasteiger partial charge in [0.15, 0.2) is 0 Å². The van der Waals surface area contributed by atoms with Gasteiger partial charge in [0, 0.05) is 0 Å². The quantitative estimate of drug-likeness (QED) is 0.240. The summed E-state index contributed by atoms with van der Waals surface area (Å²) in [5.74, 6) is 0. The summed E-state index contributed by atoms with van der Waals surface area (Å²) in [6.45, 7) is 0. The smallest absolute Gasteiger partial charge is 0.222 e. The first kappa shape index (κ1) is 32.2. The fourth-order valence-corrected chi connectivity index (χ4v) is 2.62. The molecular formula is C14H16Cl3O12Rh. The van der Waals surface area contributed by atoms with Crippen LogP contribution in [0.5, 0.6) is 0 Å². The van der Waals surface area contributed by atoms with Crippen molar-refractivity contribution in [2.24, 2.45) is 0 Å². The first-order valence-electron chi connectivity index (χ1n) is 7.50. The van der Waals surface area contributed by atoms with Crippen LogP contribution in [-0.4, -0.2) is 0 Å². The van der Waals surface area contributed by atoms with Crippen molar-refractivity contribution in [1.82, 2.24) is 0 Å². The molecule has 2 fully saturated rings. The van der Waals surface area contributed by atoms with Crippen molar-refractivity contribution in [3.8, 4) is 0 Å². The van der Waals surface area contributed by atoms with Gasteiger partial charge >= 0.3 is 19.5 Å². The normalized spacial score (nSPS) is 17.7. The average molecular weight is 586 g/mol. The van der Waals surface area contributed by atoms with Gasteiger partial charge in [-0.05, 0) is 38.5 Å². The van der Waals surface area contributed by atoms with Crippen LogP contribution in [-0.2, 0) is 19.5 Å². The Labute approximate surface area is 191 Å². The zero-order valence-corrected chi connectivity index (χ0v) is 18.8. The van der Waals surface area contributed by atoms with Gasteiger partial charge in [0.1, 0.15) is 0 Å². The maximum atomic E-state index is 8.49. The Morgan fingerprint density at radius 2 is 0.533 bits per heavy atom. The van der Waals surface area contributed by atoms with Crippen LogP contribution >= 0.6 is 0 Å². The fourth-order valence-electron chi connectivity index (χ4n) is 2.62. The van der Waals surface area contributed by atoms with Crippen LogP contribution in [0.2, 0.25) is 0 Å². The van der Waals surface area contributed by atoms with Gasteiger partial charge in [-0.2, -0.15) is 0 Å². The molecule has 0 atom stereocenters. The Morgan fingerprint density at radius 3 is 0.567 bits per heavy atom. The van der Waals surface area contributed by atoms with E-state index >= 15 is 0 Å². The van der Waals surface area contributed by atoms with Crippen LogP contribution < -0.4 is 55.9 Å². The Bertz CT molecular complexity index is 523. The molecule has 4 aliphatic carbocycles. The Hall–Kier alpha value is -0.0266. The number of fused-ring (bicyclic) bond motifs is 4. The van der Waals surface area contributed by atoms with Crippen LogP contribution in [0.4, 0.5) is 0 Å². The summed E-state index contributed by atoms with van der Waals surface area (Å²) in [5.41, 5.74) is 6.59. The Morgan fingerprint density at radius 1 is 0.400 bits per heavy atom. The van der Waals surface area contributed by atoms with Gasteiger partial charge in [-0.15, -0.1) is 30.7 Å². The molecule has 0 spiro atoms. The summed E-state index contributed by atoms with van der Waals surface area (Å²) < 4.78 is 102. The summed E-state index contributed by atoms with van der Waals surface area (Å²) in [6, 6.07) is 0. The number of rotatable bonds is 0. The fraction of sp³-hybridized carbons (Fsp3) is 0.429. The maximum Gasteiger partial charge on any atom is 3.00 e. The summed E-state index contributed by atoms with van der Waals surface area (Å²) in [4.78, 5) is 0. The van der Waals surface area contributed by atoms with Crippen molar-refractivity contribution < 1.29 is 106 Å². The first-order chi connectivity index (χ1) is 12.9. The van der Waals surface area contributed by atoms with Crippen molar-refractivity contribution in [1.29, 1.82) is 0 Å². The van der Waals surface area contributed by atoms with Gasteiger partial charge in [-0.1, -0.05) is 46.6 Å². The molecule has 0 N–H and O–H groups in total. The van der Waals surface area contributed by atoms with Gasteiger partial charge in [0.2, 0.25) is 0 Å². The summed E-state index contributed by atoms with van der Waals surface area (Å²) in [7, 11) is -14.8. The van der Waals surface area contributed by atoms with Crippen molar-refractivity contribution in [3.63, 3.8) is 0 Å². The average Bonchev–Trinajstić information content (AvgIpc) is 3.26. The molecular weight excluding hydrogens is 569 g/mol. The van der Waals surface area contributed by atoms with E-state index in [0.717, 1.165) is 0 Å². The summed E-state index contributed by atoms with van der Waals surface area (Å²) >= 11 is 0. The first-order valence-corrected chi connectivity index (χ1v) is 11.2. The topological polar surface area (TPSA) is 277 Å². The standard InChI is InChI=1S/2C7H8.3ClHO4.Rh/c2*1-2-7-4-3-6(1)5-7;3*2-1(3,4)5;/h2*1-2H,3-5H2;3*(H,2,3,4,5);/q;;;;;+3/p-3. The second kappa shape index (κ2) is 14.2. The molecule has 174 valence electrons. The number of hydrogen-bond donors (Lipinski definition) is 0. The predicted octanol–water partition coefficient (Wildman–Crippen LogP) is -10.2. The minimum absolute atomic E-state index is 0. The van der Waals surface area contributed by atoms with Crippen molar-refractivity contribution in [3.05, 3.63) is 46.6 Å². The molecule has 0 aliphatic heterocycles. The molecule has 0 unspecified atom stereocenters. The van der Waals surface area contributed by atoms with E-state index in [1.54, 1.807) is 22.3 Å². The molecule has 0 aromatic carbocycles. The minimum Gasteiger partial charge on any atom is -0.222 e. The zero-order valence-electron chi connectivity index (χ0n) is 14.9. The Kier molecular flexibility index (Phi) is 15.2. The molecule has 4 rings (SSSR count). The largest absolute Gasteiger partial charge is 3.00 e. The van der Waals surface area contributed by atoms with E-state index < -0.39 is 30.7 Å². The van der Waals surface area contributed by atoms with Gasteiger partial charge in [0.25, 0.3) is 0 Å². The van der Waals surface area contributed by atoms with E-state index in [1.165, 1.54) is 38.5 Å². The van der Waals surface area contributed by atoms with Crippen molar-refractivity contribution in [2.75, 3.05) is 0 Å². The molecule has 16 heteroatoms. The molecule has 0 radical (unpaired) electrons. The van der Waals surface area contributed by atoms with Gasteiger partial charge < -0.3 is 0 Å². The van der Waals surface area contributed by atoms with Crippen LogP contribution in [0.3, 0.4) is 0 Å². The van der Waals surface area contributed by atoms with Crippen LogP contribution in [0, 0.1) is 30.7 Å². The number of hydrogen-bond acceptors (Lipinski definition) is 12. The van der Waals surface area contributed by atoms with Crippen molar-refractivity contribution in [2.45, 2.75) is 38.5 Å². The van der Waals surface area contributed by atoms with Gasteiger partial charge in [-0.3, -0.25) is 0 Å². The van der Waals surface area contributed by atoms with Crippen LogP contribution in [0.25, 0.3) is 0 Å². The van der Waals surface area contributed by atoms with E-state index in [0.29, 0.717) is 0 Å². The number of allylic oxidation sites excluding steroid dienone is 8. The number of halogens is 3. The third-order valence-corrected chi connectivity index (χ3v) is 3.55. The zero-order chi connectivity index (χ0) is 22.9. The third kappa shape index (κ3) is 26.0. The molecule has 12 nitrogen and oxygen atoms in total. The van der Waals surface area contributed by atoms with Crippen LogP contribution in [0.1, 0.15) is 38.5 Å². The monoisotopic (exact) mass is 584 g/mol. The van der Waals surface area contributed by atoms with E-state index in [4.69, 9.17) is 55.9 Å². The molecule has 0 heterocycles. The second-order valence-electron chi connectivity index (χ2n) is 5.79. The van der Waals surface area contributed by atoms with Gasteiger partial charge in [-0.25, -0.2) is 55.9 Å². The summed E-state index contributed by atoms with van der Waals surface area (Å²) in [5, 5.41) is 0. The predicted molar refractivity (Wildman–Crippen MR) is 60.0 cm³/mol. The second-order valence-corrected chi connectivity index (χ2v) is 8.05. The SMILES string of the molecule is C1=C2CCC(=C1)C2.C1=C2CCC(=C1)C2.[O-][Cl+3]([O-])([O-])[O-].[O-][Cl+3]([O-])([O-])[O-].[O-][Cl+3]([O-])([O-])[O-].[Rh+3]. The van der Waals surface area contributed by atoms with Crippen molar-refractivity contribution >= 4 is 0 Å². The van der Waals surface area contributed by atoms with E-state index in [1.807, 2.05) is 0 Å². The molecule has 0 aromatic heterocycles. The van der Waals surface area contributed by atoms with Crippen LogP contribution in [0.15, 0.2) is 46.6 Å². The maximum absolute atomic E-state index is 8.49. The van der Waals surface area contributed by atoms with Gasteiger partial charge in [0.05, 0.1) is 0 Å². The van der Waals surface area contributed by atoms with E-state index in [-0.39, 0.29) is 19.5 Å². The van der Waals surface area contributed by atoms with E-state index in [9.17, 15) is 0 Å². The molecule has 0 saturated heterocycles. The van der Waals surface area contributed by atoms with E-state index in [2.05, 4.69) is 24.3 Å².